The molecule has 0 radical (unpaired) electrons. The lowest BCUT2D eigenvalue weighted by atomic mass is 10.2. The molecule has 7 nitrogen and oxygen atoms in total. The second-order valence-electron chi connectivity index (χ2n) is 4.78. The first-order chi connectivity index (χ1) is 10.1. The Hall–Kier alpha value is -2.83. The molecule has 0 bridgehead atoms. The van der Waals surface area contributed by atoms with E-state index in [1.54, 1.807) is 12.3 Å². The minimum Gasteiger partial charge on any atom is -0.478 e. The average Bonchev–Trinajstić information content (AvgIpc) is 3.05. The molecule has 0 amide bonds. The predicted octanol–water partition coefficient (Wildman–Crippen LogP) is 2.22. The topological polar surface area (TPSA) is 93.2 Å². The summed E-state index contributed by atoms with van der Waals surface area (Å²) in [5.41, 5.74) is 1.24. The number of rotatable bonds is 5. The van der Waals surface area contributed by atoms with E-state index in [9.17, 15) is 4.79 Å². The normalized spacial score (nSPS) is 12.4. The summed E-state index contributed by atoms with van der Waals surface area (Å²) in [6, 6.07) is 6.90. The van der Waals surface area contributed by atoms with E-state index in [1.165, 1.54) is 12.1 Å². The molecular weight excluding hydrogens is 272 g/mol. The first-order valence-corrected chi connectivity index (χ1v) is 6.49. The van der Waals surface area contributed by atoms with Gasteiger partial charge in [-0.05, 0) is 31.2 Å². The van der Waals surface area contributed by atoms with Crippen LogP contribution >= 0.6 is 0 Å². The van der Waals surface area contributed by atoms with Gasteiger partial charge in [-0.15, -0.1) is 0 Å². The van der Waals surface area contributed by atoms with Gasteiger partial charge in [-0.3, -0.25) is 4.68 Å². The summed E-state index contributed by atoms with van der Waals surface area (Å²) in [7, 11) is 0. The number of benzene rings is 1. The van der Waals surface area contributed by atoms with Crippen molar-refractivity contribution in [1.29, 1.82) is 0 Å². The lowest BCUT2D eigenvalue weighted by Crippen LogP contribution is -2.22. The van der Waals surface area contributed by atoms with Crippen molar-refractivity contribution in [2.45, 2.75) is 19.5 Å². The minimum absolute atomic E-state index is 0.0666. The minimum atomic E-state index is -0.991. The van der Waals surface area contributed by atoms with Gasteiger partial charge in [0.1, 0.15) is 5.52 Å². The highest BCUT2D eigenvalue weighted by Crippen LogP contribution is 2.20. The van der Waals surface area contributed by atoms with Crippen LogP contribution < -0.4 is 5.32 Å². The largest absolute Gasteiger partial charge is 0.478 e. The fourth-order valence-corrected chi connectivity index (χ4v) is 2.06. The summed E-state index contributed by atoms with van der Waals surface area (Å²) in [6.45, 7) is 2.66. The van der Waals surface area contributed by atoms with Gasteiger partial charge in [0.05, 0.1) is 12.1 Å². The first-order valence-electron chi connectivity index (χ1n) is 6.49. The van der Waals surface area contributed by atoms with Gasteiger partial charge in [0.15, 0.2) is 5.58 Å². The van der Waals surface area contributed by atoms with Gasteiger partial charge in [-0.2, -0.15) is 10.1 Å². The van der Waals surface area contributed by atoms with E-state index >= 15 is 0 Å². The quantitative estimate of drug-likeness (QED) is 0.747. The summed E-state index contributed by atoms with van der Waals surface area (Å²) >= 11 is 0. The van der Waals surface area contributed by atoms with Crippen molar-refractivity contribution in [3.05, 3.63) is 42.2 Å². The molecule has 1 aromatic carbocycles. The molecule has 1 unspecified atom stereocenters. The van der Waals surface area contributed by atoms with Gasteiger partial charge >= 0.3 is 5.97 Å². The van der Waals surface area contributed by atoms with E-state index < -0.39 is 5.97 Å². The number of hydrogen-bond donors (Lipinski definition) is 2. The van der Waals surface area contributed by atoms with Gasteiger partial charge in [0.25, 0.3) is 6.01 Å². The molecule has 2 heterocycles. The van der Waals surface area contributed by atoms with Crippen LogP contribution in [0.15, 0.2) is 41.1 Å². The number of carboxylic acids is 1. The fraction of sp³-hybridized carbons (Fsp3) is 0.214. The maximum atomic E-state index is 10.9. The van der Waals surface area contributed by atoms with Crippen LogP contribution in [-0.2, 0) is 6.54 Å². The number of nitrogens with one attached hydrogen (secondary N) is 1. The fourth-order valence-electron chi connectivity index (χ4n) is 2.06. The summed E-state index contributed by atoms with van der Waals surface area (Å²) in [5, 5.41) is 16.2. The van der Waals surface area contributed by atoms with Gasteiger partial charge in [-0.25, -0.2) is 4.79 Å². The Bertz CT molecular complexity index is 764. The maximum absolute atomic E-state index is 10.9. The number of carboxylic acid groups (broad SMARTS) is 1. The molecule has 0 aliphatic heterocycles. The number of hydrogen-bond acceptors (Lipinski definition) is 5. The highest BCUT2D eigenvalue weighted by molar-refractivity contribution is 5.92. The maximum Gasteiger partial charge on any atom is 0.335 e. The zero-order valence-electron chi connectivity index (χ0n) is 11.4. The van der Waals surface area contributed by atoms with Crippen molar-refractivity contribution in [3.63, 3.8) is 0 Å². The molecular formula is C14H14N4O3. The molecule has 3 rings (SSSR count). The van der Waals surface area contributed by atoms with Gasteiger partial charge in [-0.1, -0.05) is 0 Å². The summed E-state index contributed by atoms with van der Waals surface area (Å²) in [4.78, 5) is 15.2. The highest BCUT2D eigenvalue weighted by Gasteiger charge is 2.11. The first kappa shape index (κ1) is 13.2. The standard InChI is InChI=1S/C14H14N4O3/c1-9(8-18-6-2-5-15-18)16-14-17-11-4-3-10(13(19)20)7-12(11)21-14/h2-7,9H,8H2,1H3,(H,16,17)(H,19,20). The SMILES string of the molecule is CC(Cn1cccn1)Nc1nc2ccc(C(=O)O)cc2o1. The van der Waals surface area contributed by atoms with Crippen LogP contribution in [0.3, 0.4) is 0 Å². The third kappa shape index (κ3) is 2.86. The van der Waals surface area contributed by atoms with E-state index in [0.717, 1.165) is 0 Å². The Morgan fingerprint density at radius 2 is 2.38 bits per heavy atom. The van der Waals surface area contributed by atoms with Gasteiger partial charge in [0, 0.05) is 18.4 Å². The van der Waals surface area contributed by atoms with Crippen LogP contribution in [0.2, 0.25) is 0 Å². The number of aromatic carboxylic acids is 1. The Morgan fingerprint density at radius 1 is 1.52 bits per heavy atom. The Labute approximate surface area is 120 Å². The predicted molar refractivity (Wildman–Crippen MR) is 76.3 cm³/mol. The molecule has 2 N–H and O–H groups in total. The molecule has 7 heteroatoms. The van der Waals surface area contributed by atoms with E-state index in [-0.39, 0.29) is 11.6 Å². The molecule has 1 atom stereocenters. The second-order valence-corrected chi connectivity index (χ2v) is 4.78. The van der Waals surface area contributed by atoms with Crippen molar-refractivity contribution >= 4 is 23.1 Å². The van der Waals surface area contributed by atoms with Crippen molar-refractivity contribution in [3.8, 4) is 0 Å². The highest BCUT2D eigenvalue weighted by atomic mass is 16.4. The van der Waals surface area contributed by atoms with Gasteiger partial charge < -0.3 is 14.8 Å². The molecule has 0 saturated heterocycles. The van der Waals surface area contributed by atoms with Crippen molar-refractivity contribution in [2.24, 2.45) is 0 Å². The van der Waals surface area contributed by atoms with Gasteiger partial charge in [0.2, 0.25) is 0 Å². The molecule has 0 aliphatic carbocycles. The smallest absolute Gasteiger partial charge is 0.335 e. The van der Waals surface area contributed by atoms with Crippen LogP contribution in [0.4, 0.5) is 6.01 Å². The van der Waals surface area contributed by atoms with Crippen LogP contribution in [-0.4, -0.2) is 31.9 Å². The van der Waals surface area contributed by atoms with Crippen molar-refractivity contribution in [2.75, 3.05) is 5.32 Å². The number of fused-ring (bicyclic) bond motifs is 1. The van der Waals surface area contributed by atoms with Crippen molar-refractivity contribution in [1.82, 2.24) is 14.8 Å². The second kappa shape index (κ2) is 5.28. The molecule has 108 valence electrons. The number of nitrogens with zero attached hydrogens (tertiary/aromatic N) is 3. The summed E-state index contributed by atoms with van der Waals surface area (Å²) in [5.74, 6) is -0.991. The van der Waals surface area contributed by atoms with Crippen molar-refractivity contribution < 1.29 is 14.3 Å². The van der Waals surface area contributed by atoms with Crippen LogP contribution in [0, 0.1) is 0 Å². The Balaban J connectivity index is 1.76. The number of oxazole rings is 1. The third-order valence-electron chi connectivity index (χ3n) is 3.03. The Morgan fingerprint density at radius 3 is 3.10 bits per heavy atom. The molecule has 21 heavy (non-hydrogen) atoms. The lowest BCUT2D eigenvalue weighted by Gasteiger charge is -2.11. The van der Waals surface area contributed by atoms with E-state index in [1.807, 2.05) is 23.9 Å². The third-order valence-corrected chi connectivity index (χ3v) is 3.03. The number of anilines is 1. The Kier molecular flexibility index (Phi) is 3.31. The molecule has 3 aromatic rings. The lowest BCUT2D eigenvalue weighted by molar-refractivity contribution is 0.0697. The monoisotopic (exact) mass is 286 g/mol. The van der Waals surface area contributed by atoms with Crippen LogP contribution in [0.1, 0.15) is 17.3 Å². The average molecular weight is 286 g/mol. The van der Waals surface area contributed by atoms with E-state index in [4.69, 9.17) is 9.52 Å². The molecule has 0 aliphatic rings. The molecule has 0 saturated carbocycles. The van der Waals surface area contributed by atoms with Crippen LogP contribution in [0.25, 0.3) is 11.1 Å². The van der Waals surface area contributed by atoms with E-state index in [2.05, 4.69) is 15.4 Å². The number of aromatic nitrogens is 3. The number of carbonyl (C=O) groups is 1. The molecule has 0 spiro atoms. The zero-order chi connectivity index (χ0) is 14.8. The van der Waals surface area contributed by atoms with E-state index in [0.29, 0.717) is 23.7 Å². The zero-order valence-corrected chi connectivity index (χ0v) is 11.4. The summed E-state index contributed by atoms with van der Waals surface area (Å²) < 4.78 is 7.34. The molecule has 0 fully saturated rings. The summed E-state index contributed by atoms with van der Waals surface area (Å²) in [6.07, 6.45) is 3.60. The van der Waals surface area contributed by atoms with Crippen LogP contribution in [0.5, 0.6) is 0 Å². The molecule has 2 aromatic heterocycles.